The summed E-state index contributed by atoms with van der Waals surface area (Å²) in [7, 11) is 0. The number of hydrogen-bond acceptors (Lipinski definition) is 3. The molecule has 0 aliphatic heterocycles. The SMILES string of the molecule is CCOC1CC(NCc2cc(C(=O)O)ccc2F)C1(C)C. The highest BCUT2D eigenvalue weighted by atomic mass is 19.1. The summed E-state index contributed by atoms with van der Waals surface area (Å²) in [5.74, 6) is -1.43. The van der Waals surface area contributed by atoms with E-state index in [0.29, 0.717) is 18.7 Å². The van der Waals surface area contributed by atoms with Crippen LogP contribution in [0.25, 0.3) is 0 Å². The summed E-state index contributed by atoms with van der Waals surface area (Å²) in [6, 6.07) is 4.10. The second kappa shape index (κ2) is 6.12. The van der Waals surface area contributed by atoms with Crippen molar-refractivity contribution in [2.75, 3.05) is 6.61 Å². The molecule has 1 aliphatic rings. The molecule has 1 aromatic carbocycles. The largest absolute Gasteiger partial charge is 0.478 e. The van der Waals surface area contributed by atoms with E-state index < -0.39 is 5.97 Å². The van der Waals surface area contributed by atoms with Gasteiger partial charge in [0.15, 0.2) is 0 Å². The summed E-state index contributed by atoms with van der Waals surface area (Å²) in [6.45, 7) is 7.23. The van der Waals surface area contributed by atoms with Crippen molar-refractivity contribution in [3.63, 3.8) is 0 Å². The van der Waals surface area contributed by atoms with E-state index in [9.17, 15) is 9.18 Å². The summed E-state index contributed by atoms with van der Waals surface area (Å²) >= 11 is 0. The van der Waals surface area contributed by atoms with Crippen molar-refractivity contribution in [3.05, 3.63) is 35.1 Å². The molecule has 0 aromatic heterocycles. The fourth-order valence-electron chi connectivity index (χ4n) is 2.79. The van der Waals surface area contributed by atoms with Crippen molar-refractivity contribution >= 4 is 5.97 Å². The standard InChI is InChI=1S/C16H22FNO3/c1-4-21-14-8-13(16(14,2)3)18-9-11-7-10(15(19)20)5-6-12(11)17/h5-7,13-14,18H,4,8-9H2,1-3H3,(H,19,20). The van der Waals surface area contributed by atoms with Crippen molar-refractivity contribution in [1.29, 1.82) is 0 Å². The minimum absolute atomic E-state index is 0.00308. The van der Waals surface area contributed by atoms with Gasteiger partial charge >= 0.3 is 5.97 Å². The number of rotatable bonds is 6. The van der Waals surface area contributed by atoms with Crippen LogP contribution in [0.5, 0.6) is 0 Å². The zero-order valence-corrected chi connectivity index (χ0v) is 12.6. The van der Waals surface area contributed by atoms with Gasteiger partial charge < -0.3 is 15.2 Å². The number of ether oxygens (including phenoxy) is 1. The predicted molar refractivity (Wildman–Crippen MR) is 77.8 cm³/mol. The molecule has 4 nitrogen and oxygen atoms in total. The molecule has 1 fully saturated rings. The van der Waals surface area contributed by atoms with Crippen molar-refractivity contribution in [1.82, 2.24) is 5.32 Å². The molecule has 2 rings (SSSR count). The maximum absolute atomic E-state index is 13.7. The number of benzene rings is 1. The van der Waals surface area contributed by atoms with E-state index >= 15 is 0 Å². The van der Waals surface area contributed by atoms with Gasteiger partial charge in [-0.15, -0.1) is 0 Å². The van der Waals surface area contributed by atoms with Crippen molar-refractivity contribution < 1.29 is 19.0 Å². The number of hydrogen-bond donors (Lipinski definition) is 2. The number of aromatic carboxylic acids is 1. The van der Waals surface area contributed by atoms with Crippen LogP contribution in [0.15, 0.2) is 18.2 Å². The maximum atomic E-state index is 13.7. The Hall–Kier alpha value is -1.46. The number of nitrogens with one attached hydrogen (secondary N) is 1. The second-order valence-electron chi connectivity index (χ2n) is 6.05. The van der Waals surface area contributed by atoms with E-state index in [2.05, 4.69) is 19.2 Å². The Kier molecular flexibility index (Phi) is 4.64. The van der Waals surface area contributed by atoms with Gasteiger partial charge in [-0.2, -0.15) is 0 Å². The Morgan fingerprint density at radius 2 is 2.24 bits per heavy atom. The second-order valence-corrected chi connectivity index (χ2v) is 6.05. The minimum atomic E-state index is -1.04. The molecule has 21 heavy (non-hydrogen) atoms. The average molecular weight is 295 g/mol. The van der Waals surface area contributed by atoms with Crippen LogP contribution >= 0.6 is 0 Å². The number of carbonyl (C=O) groups is 1. The van der Waals surface area contributed by atoms with Crippen LogP contribution in [-0.4, -0.2) is 29.8 Å². The van der Waals surface area contributed by atoms with Gasteiger partial charge in [0.25, 0.3) is 0 Å². The fraction of sp³-hybridized carbons (Fsp3) is 0.562. The van der Waals surface area contributed by atoms with Gasteiger partial charge in [0.2, 0.25) is 0 Å². The fourth-order valence-corrected chi connectivity index (χ4v) is 2.79. The van der Waals surface area contributed by atoms with E-state index in [1.807, 2.05) is 6.92 Å². The first-order valence-corrected chi connectivity index (χ1v) is 7.23. The lowest BCUT2D eigenvalue weighted by molar-refractivity contribution is -0.114. The van der Waals surface area contributed by atoms with Crippen LogP contribution < -0.4 is 5.32 Å². The molecule has 0 spiro atoms. The molecular weight excluding hydrogens is 273 g/mol. The topological polar surface area (TPSA) is 58.6 Å². The summed E-state index contributed by atoms with van der Waals surface area (Å²) in [4.78, 5) is 10.9. The molecule has 5 heteroatoms. The molecule has 0 saturated heterocycles. The van der Waals surface area contributed by atoms with E-state index in [-0.39, 0.29) is 28.9 Å². The first kappa shape index (κ1) is 15.9. The smallest absolute Gasteiger partial charge is 0.335 e. The molecule has 0 radical (unpaired) electrons. The molecule has 0 heterocycles. The van der Waals surface area contributed by atoms with Gasteiger partial charge in [-0.1, -0.05) is 13.8 Å². The summed E-state index contributed by atoms with van der Waals surface area (Å²) in [5, 5.41) is 12.3. The molecule has 2 N–H and O–H groups in total. The number of carboxylic acids is 1. The third kappa shape index (κ3) is 3.24. The lowest BCUT2D eigenvalue weighted by atomic mass is 9.64. The summed E-state index contributed by atoms with van der Waals surface area (Å²) < 4.78 is 19.4. The highest BCUT2D eigenvalue weighted by molar-refractivity contribution is 5.87. The molecule has 0 bridgehead atoms. The summed E-state index contributed by atoms with van der Waals surface area (Å²) in [6.07, 6.45) is 1.11. The van der Waals surface area contributed by atoms with Gasteiger partial charge in [0, 0.05) is 30.2 Å². The Bertz CT molecular complexity index is 530. The molecule has 1 saturated carbocycles. The zero-order valence-electron chi connectivity index (χ0n) is 12.6. The van der Waals surface area contributed by atoms with Gasteiger partial charge in [-0.25, -0.2) is 9.18 Å². The molecule has 116 valence electrons. The van der Waals surface area contributed by atoms with Gasteiger partial charge in [-0.3, -0.25) is 0 Å². The van der Waals surface area contributed by atoms with Crippen molar-refractivity contribution in [3.8, 4) is 0 Å². The first-order valence-electron chi connectivity index (χ1n) is 7.23. The first-order chi connectivity index (χ1) is 9.86. The van der Waals surface area contributed by atoms with Crippen LogP contribution in [0.3, 0.4) is 0 Å². The third-order valence-corrected chi connectivity index (χ3v) is 4.38. The molecule has 2 atom stereocenters. The lowest BCUT2D eigenvalue weighted by Gasteiger charge is -2.52. The Balaban J connectivity index is 1.98. The molecule has 2 unspecified atom stereocenters. The van der Waals surface area contributed by atoms with Crippen LogP contribution in [0.4, 0.5) is 4.39 Å². The average Bonchev–Trinajstić information content (AvgIpc) is 2.43. The normalized spacial score (nSPS) is 23.6. The quantitative estimate of drug-likeness (QED) is 0.847. The molecule has 1 aliphatic carbocycles. The van der Waals surface area contributed by atoms with Crippen LogP contribution in [0.2, 0.25) is 0 Å². The monoisotopic (exact) mass is 295 g/mol. The van der Waals surface area contributed by atoms with E-state index in [1.165, 1.54) is 18.2 Å². The summed E-state index contributed by atoms with van der Waals surface area (Å²) in [5.41, 5.74) is 0.482. The van der Waals surface area contributed by atoms with Gasteiger partial charge in [-0.05, 0) is 31.5 Å². The van der Waals surface area contributed by atoms with Crippen LogP contribution in [0.1, 0.15) is 43.1 Å². The Morgan fingerprint density at radius 3 is 2.81 bits per heavy atom. The zero-order chi connectivity index (χ0) is 15.6. The van der Waals surface area contributed by atoms with E-state index in [0.717, 1.165) is 6.42 Å². The minimum Gasteiger partial charge on any atom is -0.478 e. The molecule has 0 amide bonds. The Morgan fingerprint density at radius 1 is 1.52 bits per heavy atom. The lowest BCUT2D eigenvalue weighted by Crippen LogP contribution is -2.60. The van der Waals surface area contributed by atoms with Crippen LogP contribution in [0, 0.1) is 11.2 Å². The number of halogens is 1. The van der Waals surface area contributed by atoms with E-state index in [1.54, 1.807) is 0 Å². The number of carboxylic acid groups (broad SMARTS) is 1. The van der Waals surface area contributed by atoms with E-state index in [4.69, 9.17) is 9.84 Å². The van der Waals surface area contributed by atoms with Gasteiger partial charge in [0.1, 0.15) is 5.82 Å². The molecule has 1 aromatic rings. The van der Waals surface area contributed by atoms with Crippen LogP contribution in [-0.2, 0) is 11.3 Å². The van der Waals surface area contributed by atoms with Gasteiger partial charge in [0.05, 0.1) is 11.7 Å². The highest BCUT2D eigenvalue weighted by Gasteiger charge is 2.48. The molecular formula is C16H22FNO3. The van der Waals surface area contributed by atoms with Crippen molar-refractivity contribution in [2.45, 2.75) is 45.9 Å². The third-order valence-electron chi connectivity index (χ3n) is 4.38. The highest BCUT2D eigenvalue weighted by Crippen LogP contribution is 2.42. The Labute approximate surface area is 124 Å². The predicted octanol–water partition coefficient (Wildman–Crippen LogP) is 2.82. The maximum Gasteiger partial charge on any atom is 0.335 e. The van der Waals surface area contributed by atoms with Crippen molar-refractivity contribution in [2.24, 2.45) is 5.41 Å².